The highest BCUT2D eigenvalue weighted by atomic mass is 19.2. The van der Waals surface area contributed by atoms with Crippen molar-refractivity contribution in [2.45, 2.75) is 13.2 Å². The van der Waals surface area contributed by atoms with Gasteiger partial charge in [-0.1, -0.05) is 59.5 Å². The Morgan fingerprint density at radius 3 is 1.32 bits per heavy atom. The molecule has 41 heavy (non-hydrogen) atoms. The lowest BCUT2D eigenvalue weighted by atomic mass is 9.87. The van der Waals surface area contributed by atoms with Gasteiger partial charge in [0.25, 0.3) is 0 Å². The first kappa shape index (κ1) is 30.2. The number of halogens is 4. The van der Waals surface area contributed by atoms with Crippen LogP contribution in [0.3, 0.4) is 0 Å². The van der Waals surface area contributed by atoms with Gasteiger partial charge in [0, 0.05) is 49.8 Å². The van der Waals surface area contributed by atoms with Crippen molar-refractivity contribution in [1.82, 2.24) is 0 Å². The minimum atomic E-state index is -0.892. The molecule has 2 N–H and O–H groups in total. The summed E-state index contributed by atoms with van der Waals surface area (Å²) in [4.78, 5) is 0. The molecule has 0 atom stereocenters. The Kier molecular flexibility index (Phi) is 11.7. The van der Waals surface area contributed by atoms with Crippen LogP contribution in [0.5, 0.6) is 0 Å². The van der Waals surface area contributed by atoms with Crippen LogP contribution in [0.25, 0.3) is 0 Å². The molecule has 0 aliphatic carbocycles. The summed E-state index contributed by atoms with van der Waals surface area (Å²) >= 11 is 0. The van der Waals surface area contributed by atoms with Gasteiger partial charge in [0.05, 0.1) is 13.2 Å². The highest BCUT2D eigenvalue weighted by molar-refractivity contribution is 6.47. The van der Waals surface area contributed by atoms with Crippen molar-refractivity contribution in [3.8, 4) is 0 Å². The van der Waals surface area contributed by atoms with Crippen LogP contribution in [-0.2, 0) is 27.3 Å². The quantitative estimate of drug-likeness (QED) is 0.118. The van der Waals surface area contributed by atoms with Crippen LogP contribution in [0.4, 0.5) is 28.9 Å². The average molecular weight is 562 g/mol. The van der Waals surface area contributed by atoms with E-state index < -0.39 is 23.3 Å². The normalized spacial score (nSPS) is 10.8. The molecule has 0 aliphatic rings. The summed E-state index contributed by atoms with van der Waals surface area (Å²) in [5.41, 5.74) is 4.83. The van der Waals surface area contributed by atoms with Crippen LogP contribution >= 0.6 is 0 Å². The molecule has 0 heterocycles. The third kappa shape index (κ3) is 10.3. The molecule has 11 heteroatoms. The second kappa shape index (κ2) is 15.9. The van der Waals surface area contributed by atoms with E-state index in [9.17, 15) is 17.6 Å². The molecule has 0 spiro atoms. The smallest absolute Gasteiger partial charge is 0.330 e. The highest BCUT2D eigenvalue weighted by Gasteiger charge is 2.05. The van der Waals surface area contributed by atoms with Crippen molar-refractivity contribution in [3.05, 3.63) is 119 Å². The Bertz CT molecular complexity index is 1270. The predicted molar refractivity (Wildman–Crippen MR) is 154 cm³/mol. The fraction of sp³-hybridized carbons (Fsp3) is 0.200. The molecule has 0 saturated heterocycles. The first-order chi connectivity index (χ1) is 20.0. The van der Waals surface area contributed by atoms with Crippen molar-refractivity contribution in [3.63, 3.8) is 0 Å². The number of hydrogen-bond donors (Lipinski definition) is 2. The van der Waals surface area contributed by atoms with Gasteiger partial charge in [0.2, 0.25) is 0 Å². The molecule has 4 rings (SSSR count). The maximum atomic E-state index is 13.2. The topological polar surface area (TPSA) is 51.8 Å². The molecule has 0 aliphatic heterocycles. The number of ether oxygens (including phenoxy) is 1. The van der Waals surface area contributed by atoms with Gasteiger partial charge in [-0.3, -0.25) is 0 Å². The summed E-state index contributed by atoms with van der Waals surface area (Å²) in [6.45, 7) is 2.54. The van der Waals surface area contributed by atoms with E-state index in [0.29, 0.717) is 50.9 Å². The van der Waals surface area contributed by atoms with E-state index in [4.69, 9.17) is 14.0 Å². The second-order valence-corrected chi connectivity index (χ2v) is 9.06. The lowest BCUT2D eigenvalue weighted by molar-refractivity contribution is 0.107. The largest absolute Gasteiger partial charge is 0.432 e. The summed E-state index contributed by atoms with van der Waals surface area (Å²) in [6, 6.07) is 22.9. The van der Waals surface area contributed by atoms with Crippen LogP contribution in [0.1, 0.15) is 11.1 Å². The van der Waals surface area contributed by atoms with Gasteiger partial charge >= 0.3 is 15.0 Å². The monoisotopic (exact) mass is 562 g/mol. The van der Waals surface area contributed by atoms with Gasteiger partial charge in [0.1, 0.15) is 0 Å². The Hall–Kier alpha value is -3.79. The third-order valence-electron chi connectivity index (χ3n) is 5.87. The van der Waals surface area contributed by atoms with Crippen molar-refractivity contribution < 1.29 is 31.6 Å². The van der Waals surface area contributed by atoms with Gasteiger partial charge in [-0.05, 0) is 35.4 Å². The molecule has 0 bridgehead atoms. The molecule has 5 nitrogen and oxygen atoms in total. The number of nitrogens with one attached hydrogen (secondary N) is 2. The van der Waals surface area contributed by atoms with E-state index in [2.05, 4.69) is 10.6 Å². The van der Waals surface area contributed by atoms with Crippen LogP contribution in [0, 0.1) is 23.3 Å². The molecule has 0 amide bonds. The van der Waals surface area contributed by atoms with Gasteiger partial charge in [0.15, 0.2) is 23.3 Å². The molecule has 4 aromatic rings. The maximum absolute atomic E-state index is 13.2. The molecule has 0 saturated carbocycles. The predicted octanol–water partition coefficient (Wildman–Crippen LogP) is 4.71. The van der Waals surface area contributed by atoms with E-state index >= 15 is 0 Å². The van der Waals surface area contributed by atoms with Crippen LogP contribution < -0.4 is 21.6 Å². The zero-order valence-electron chi connectivity index (χ0n) is 22.2. The molecule has 0 unspecified atom stereocenters. The minimum Gasteiger partial charge on any atom is -0.432 e. The van der Waals surface area contributed by atoms with Crippen molar-refractivity contribution in [2.75, 3.05) is 36.9 Å². The molecule has 2 radical (unpaired) electrons. The Morgan fingerprint density at radius 1 is 0.512 bits per heavy atom. The summed E-state index contributed by atoms with van der Waals surface area (Å²) < 4.78 is 69.2. The summed E-state index contributed by atoms with van der Waals surface area (Å²) in [7, 11) is 3.28. The van der Waals surface area contributed by atoms with E-state index in [0.717, 1.165) is 46.3 Å². The Morgan fingerprint density at radius 2 is 0.927 bits per heavy atom. The summed E-state index contributed by atoms with van der Waals surface area (Å²) in [5, 5.41) is 5.94. The SMILES string of the molecule is Fc1ccc(NCCO[B]c2ccc(COCc3ccc([B]OCCNc4ccc(F)c(F)c4)cc3)cc2)cc1F. The lowest BCUT2D eigenvalue weighted by Gasteiger charge is -2.09. The molecule has 0 fully saturated rings. The molecular formula is C30H28B2F4N2O3. The summed E-state index contributed by atoms with van der Waals surface area (Å²) in [5.74, 6) is -3.54. The van der Waals surface area contributed by atoms with Crippen molar-refractivity contribution in [2.24, 2.45) is 0 Å². The number of hydrogen-bond acceptors (Lipinski definition) is 5. The summed E-state index contributed by atoms with van der Waals surface area (Å²) in [6.07, 6.45) is 0. The Labute approximate surface area is 238 Å². The standard InChI is InChI=1S/C30H28B2F4N2O3/c33-27-11-9-25(17-29(27)35)37-13-15-40-31-23-5-1-21(2-6-23)19-39-20-22-3-7-24(8-4-22)32-41-16-14-38-26-10-12-28(34)30(36)18-26/h1-12,17-18,37-38H,13-16,19-20H2. The fourth-order valence-electron chi connectivity index (χ4n) is 3.70. The fourth-order valence-corrected chi connectivity index (χ4v) is 3.70. The van der Waals surface area contributed by atoms with Gasteiger partial charge in [-0.2, -0.15) is 0 Å². The first-order valence-electron chi connectivity index (χ1n) is 13.0. The van der Waals surface area contributed by atoms with E-state index in [1.165, 1.54) is 12.1 Å². The van der Waals surface area contributed by atoms with Gasteiger partial charge < -0.3 is 24.7 Å². The Balaban J connectivity index is 1.06. The van der Waals surface area contributed by atoms with Crippen LogP contribution in [-0.4, -0.2) is 41.3 Å². The third-order valence-corrected chi connectivity index (χ3v) is 5.87. The number of anilines is 2. The average Bonchev–Trinajstić information content (AvgIpc) is 2.98. The van der Waals surface area contributed by atoms with E-state index in [-0.39, 0.29) is 0 Å². The molecule has 0 aromatic heterocycles. The molecule has 210 valence electrons. The molecule has 4 aromatic carbocycles. The molecular weight excluding hydrogens is 534 g/mol. The number of benzene rings is 4. The maximum Gasteiger partial charge on any atom is 0.330 e. The lowest BCUT2D eigenvalue weighted by Crippen LogP contribution is -2.21. The van der Waals surface area contributed by atoms with Crippen LogP contribution in [0.2, 0.25) is 0 Å². The number of rotatable bonds is 16. The van der Waals surface area contributed by atoms with Crippen LogP contribution in [0.15, 0.2) is 84.9 Å². The zero-order chi connectivity index (χ0) is 28.9. The van der Waals surface area contributed by atoms with E-state index in [1.54, 1.807) is 15.0 Å². The van der Waals surface area contributed by atoms with Gasteiger partial charge in [-0.25, -0.2) is 17.6 Å². The minimum absolute atomic E-state index is 0.365. The highest BCUT2D eigenvalue weighted by Crippen LogP contribution is 2.13. The second-order valence-electron chi connectivity index (χ2n) is 9.06. The van der Waals surface area contributed by atoms with Crippen molar-refractivity contribution >= 4 is 37.3 Å². The van der Waals surface area contributed by atoms with Crippen molar-refractivity contribution in [1.29, 1.82) is 0 Å². The van der Waals surface area contributed by atoms with Gasteiger partial charge in [-0.15, -0.1) is 0 Å². The van der Waals surface area contributed by atoms with E-state index in [1.807, 2.05) is 48.5 Å². The zero-order valence-corrected chi connectivity index (χ0v) is 22.2. The first-order valence-corrected chi connectivity index (χ1v) is 13.0.